The average Bonchev–Trinajstić information content (AvgIpc) is 3.20. The van der Waals surface area contributed by atoms with Gasteiger partial charge >= 0.3 is 0 Å². The Labute approximate surface area is 134 Å². The van der Waals surface area contributed by atoms with Crippen LogP contribution in [0.4, 0.5) is 5.69 Å². The molecule has 4 aromatic rings. The first-order valence-corrected chi connectivity index (χ1v) is 7.79. The molecule has 0 unspecified atom stereocenters. The summed E-state index contributed by atoms with van der Waals surface area (Å²) < 4.78 is 3.08. The third kappa shape index (κ3) is 2.38. The fourth-order valence-electron chi connectivity index (χ4n) is 2.43. The number of hydrogen-bond acceptors (Lipinski definition) is 6. The van der Waals surface area contributed by atoms with E-state index in [0.29, 0.717) is 23.7 Å². The summed E-state index contributed by atoms with van der Waals surface area (Å²) in [6, 6.07) is 11.2. The van der Waals surface area contributed by atoms with E-state index in [1.807, 2.05) is 41.8 Å². The van der Waals surface area contributed by atoms with E-state index in [0.717, 1.165) is 10.4 Å². The molecule has 0 saturated heterocycles. The van der Waals surface area contributed by atoms with Gasteiger partial charge in [0.15, 0.2) is 5.69 Å². The Kier molecular flexibility index (Phi) is 3.16. The molecule has 0 aliphatic rings. The van der Waals surface area contributed by atoms with Crippen LogP contribution in [-0.4, -0.2) is 24.4 Å². The number of nitrogen functional groups attached to an aromatic ring is 1. The molecule has 0 amide bonds. The van der Waals surface area contributed by atoms with Crippen LogP contribution in [0.2, 0.25) is 0 Å². The van der Waals surface area contributed by atoms with Crippen LogP contribution in [0.1, 0.15) is 5.56 Å². The zero-order valence-corrected chi connectivity index (χ0v) is 12.8. The molecular formula is C15H12N6OS. The van der Waals surface area contributed by atoms with Crippen LogP contribution in [0.25, 0.3) is 16.3 Å². The number of nitrogens with two attached hydrogens (primary N) is 1. The van der Waals surface area contributed by atoms with E-state index in [1.54, 1.807) is 4.57 Å². The molecule has 0 atom stereocenters. The van der Waals surface area contributed by atoms with Gasteiger partial charge in [-0.1, -0.05) is 18.2 Å². The van der Waals surface area contributed by atoms with Gasteiger partial charge in [-0.15, -0.1) is 21.5 Å². The Morgan fingerprint density at radius 2 is 2.13 bits per heavy atom. The third-order valence-electron chi connectivity index (χ3n) is 3.46. The van der Waals surface area contributed by atoms with Gasteiger partial charge in [0.1, 0.15) is 6.33 Å². The lowest BCUT2D eigenvalue weighted by atomic mass is 10.2. The van der Waals surface area contributed by atoms with Gasteiger partial charge < -0.3 is 5.73 Å². The van der Waals surface area contributed by atoms with Crippen LogP contribution in [0.3, 0.4) is 0 Å². The first kappa shape index (κ1) is 13.6. The lowest BCUT2D eigenvalue weighted by molar-refractivity contribution is 0.723. The molecule has 0 saturated carbocycles. The van der Waals surface area contributed by atoms with Gasteiger partial charge in [0.2, 0.25) is 0 Å². The highest BCUT2D eigenvalue weighted by molar-refractivity contribution is 7.13. The van der Waals surface area contributed by atoms with Crippen molar-refractivity contribution in [2.45, 2.75) is 6.54 Å². The van der Waals surface area contributed by atoms with Crippen molar-refractivity contribution >= 4 is 22.8 Å². The summed E-state index contributed by atoms with van der Waals surface area (Å²) in [6.07, 6.45) is 1.49. The molecule has 114 valence electrons. The largest absolute Gasteiger partial charge is 0.399 e. The van der Waals surface area contributed by atoms with E-state index < -0.39 is 0 Å². The maximum Gasteiger partial charge on any atom is 0.282 e. The molecule has 4 rings (SSSR count). The lowest BCUT2D eigenvalue weighted by Gasteiger charge is -2.09. The van der Waals surface area contributed by atoms with Crippen LogP contribution >= 0.6 is 11.3 Å². The fraction of sp³-hybridized carbons (Fsp3) is 0.0667. The number of fused-ring (bicyclic) bond motifs is 1. The van der Waals surface area contributed by atoms with Crippen molar-refractivity contribution in [3.63, 3.8) is 0 Å². The van der Waals surface area contributed by atoms with Crippen LogP contribution < -0.4 is 11.3 Å². The number of nitrogens with zero attached hydrogens (tertiary/aromatic N) is 5. The molecule has 1 aromatic carbocycles. The van der Waals surface area contributed by atoms with Gasteiger partial charge in [-0.2, -0.15) is 9.61 Å². The Balaban J connectivity index is 1.92. The first-order chi connectivity index (χ1) is 11.2. The predicted molar refractivity (Wildman–Crippen MR) is 88.3 cm³/mol. The number of hydrogen-bond donors (Lipinski definition) is 1. The van der Waals surface area contributed by atoms with E-state index in [2.05, 4.69) is 15.3 Å². The third-order valence-corrected chi connectivity index (χ3v) is 4.33. The summed E-state index contributed by atoms with van der Waals surface area (Å²) in [7, 11) is 0. The molecule has 0 aliphatic carbocycles. The molecule has 7 nitrogen and oxygen atoms in total. The van der Waals surface area contributed by atoms with Crippen molar-refractivity contribution in [2.75, 3.05) is 5.73 Å². The van der Waals surface area contributed by atoms with E-state index in [9.17, 15) is 4.79 Å². The molecule has 3 aromatic heterocycles. The van der Waals surface area contributed by atoms with Crippen LogP contribution in [0.15, 0.2) is 52.9 Å². The van der Waals surface area contributed by atoms with Crippen molar-refractivity contribution in [1.29, 1.82) is 0 Å². The average molecular weight is 324 g/mol. The molecule has 0 aliphatic heterocycles. The summed E-state index contributed by atoms with van der Waals surface area (Å²) in [4.78, 5) is 13.7. The molecule has 0 bridgehead atoms. The highest BCUT2D eigenvalue weighted by atomic mass is 32.1. The zero-order valence-electron chi connectivity index (χ0n) is 12.0. The Morgan fingerprint density at radius 1 is 1.22 bits per heavy atom. The van der Waals surface area contributed by atoms with E-state index in [1.165, 1.54) is 22.2 Å². The highest BCUT2D eigenvalue weighted by Crippen LogP contribution is 2.19. The monoisotopic (exact) mass is 324 g/mol. The maximum atomic E-state index is 12.9. The smallest absolute Gasteiger partial charge is 0.282 e. The minimum atomic E-state index is -0.199. The van der Waals surface area contributed by atoms with Gasteiger partial charge in [0.25, 0.3) is 11.3 Å². The summed E-state index contributed by atoms with van der Waals surface area (Å²) in [6.45, 7) is 0.354. The van der Waals surface area contributed by atoms with Crippen molar-refractivity contribution in [3.05, 3.63) is 64.0 Å². The molecule has 0 radical (unpaired) electrons. The summed E-state index contributed by atoms with van der Waals surface area (Å²) >= 11 is 1.47. The van der Waals surface area contributed by atoms with Crippen molar-refractivity contribution in [2.24, 2.45) is 0 Å². The second-order valence-electron chi connectivity index (χ2n) is 5.04. The highest BCUT2D eigenvalue weighted by Gasteiger charge is 2.15. The normalized spacial score (nSPS) is 11.1. The summed E-state index contributed by atoms with van der Waals surface area (Å²) in [5.74, 6) is 0.401. The van der Waals surface area contributed by atoms with Crippen LogP contribution in [0, 0.1) is 0 Å². The molecular weight excluding hydrogens is 312 g/mol. The molecule has 8 heteroatoms. The summed E-state index contributed by atoms with van der Waals surface area (Å²) in [5.41, 5.74) is 7.58. The Morgan fingerprint density at radius 3 is 2.91 bits per heavy atom. The van der Waals surface area contributed by atoms with Crippen LogP contribution in [0.5, 0.6) is 0 Å². The lowest BCUT2D eigenvalue weighted by Crippen LogP contribution is -2.26. The van der Waals surface area contributed by atoms with Gasteiger partial charge in [-0.05, 0) is 29.1 Å². The Hall–Kier alpha value is -3.00. The quantitative estimate of drug-likeness (QED) is 0.579. The predicted octanol–water partition coefficient (Wildman–Crippen LogP) is 1.65. The molecule has 3 heterocycles. The van der Waals surface area contributed by atoms with E-state index >= 15 is 0 Å². The van der Waals surface area contributed by atoms with Gasteiger partial charge in [0.05, 0.1) is 11.4 Å². The summed E-state index contributed by atoms with van der Waals surface area (Å²) in [5, 5.41) is 14.1. The van der Waals surface area contributed by atoms with Crippen molar-refractivity contribution < 1.29 is 0 Å². The SMILES string of the molecule is Nc1cccc(Cn2c(=O)c(-c3cccs3)nn3cnnc23)c1. The number of anilines is 1. The zero-order chi connectivity index (χ0) is 15.8. The molecule has 0 spiro atoms. The topological polar surface area (TPSA) is 91.1 Å². The first-order valence-electron chi connectivity index (χ1n) is 6.91. The maximum absolute atomic E-state index is 12.9. The molecule has 23 heavy (non-hydrogen) atoms. The molecule has 0 fully saturated rings. The second kappa shape index (κ2) is 5.33. The van der Waals surface area contributed by atoms with E-state index in [-0.39, 0.29) is 5.56 Å². The van der Waals surface area contributed by atoms with Crippen molar-refractivity contribution in [1.82, 2.24) is 24.4 Å². The van der Waals surface area contributed by atoms with Crippen molar-refractivity contribution in [3.8, 4) is 10.6 Å². The minimum absolute atomic E-state index is 0.199. The van der Waals surface area contributed by atoms with Gasteiger partial charge in [-0.25, -0.2) is 0 Å². The molecule has 2 N–H and O–H groups in total. The van der Waals surface area contributed by atoms with Gasteiger partial charge in [-0.3, -0.25) is 9.36 Å². The second-order valence-corrected chi connectivity index (χ2v) is 5.99. The number of thiophene rings is 1. The fourth-order valence-corrected chi connectivity index (χ4v) is 3.13. The number of aromatic nitrogens is 5. The number of benzene rings is 1. The Bertz CT molecular complexity index is 1030. The van der Waals surface area contributed by atoms with Crippen LogP contribution in [-0.2, 0) is 6.54 Å². The number of rotatable bonds is 3. The van der Waals surface area contributed by atoms with E-state index in [4.69, 9.17) is 5.73 Å². The minimum Gasteiger partial charge on any atom is -0.399 e. The van der Waals surface area contributed by atoms with Gasteiger partial charge in [0, 0.05) is 5.69 Å². The standard InChI is InChI=1S/C15H12N6OS/c16-11-4-1-3-10(7-11)8-20-14(22)13(12-5-2-6-23-12)19-21-9-17-18-15(20)21/h1-7,9H,8,16H2.